The van der Waals surface area contributed by atoms with Crippen LogP contribution in [0.15, 0.2) is 78.9 Å². The molecule has 1 aliphatic rings. The number of hydrogen-bond donors (Lipinski definition) is 2. The van der Waals surface area contributed by atoms with Gasteiger partial charge in [0.2, 0.25) is 0 Å². The summed E-state index contributed by atoms with van der Waals surface area (Å²) >= 11 is 0. The number of anilines is 1. The lowest BCUT2D eigenvalue weighted by Crippen LogP contribution is -2.48. The number of rotatable bonds is 7. The summed E-state index contributed by atoms with van der Waals surface area (Å²) in [6.07, 6.45) is 1.92. The molecule has 3 aromatic carbocycles. The summed E-state index contributed by atoms with van der Waals surface area (Å²) in [6.45, 7) is 6.64. The Morgan fingerprint density at radius 3 is 2.33 bits per heavy atom. The summed E-state index contributed by atoms with van der Waals surface area (Å²) in [4.78, 5) is 43.7. The Hall–Kier alpha value is -4.21. The minimum absolute atomic E-state index is 0.104. The van der Waals surface area contributed by atoms with Crippen LogP contribution >= 0.6 is 0 Å². The first-order chi connectivity index (χ1) is 21.7. The molecule has 4 rings (SSSR count). The molecular formula is C36H45N3O6. The zero-order valence-corrected chi connectivity index (χ0v) is 26.6. The van der Waals surface area contributed by atoms with Crippen LogP contribution in [0, 0.1) is 5.92 Å². The molecule has 0 radical (unpaired) electrons. The number of hydrogen-bond acceptors (Lipinski definition) is 6. The number of aliphatic hydroxyl groups is 1. The van der Waals surface area contributed by atoms with E-state index in [2.05, 4.69) is 5.32 Å². The molecule has 9 heteroatoms. The molecule has 1 heterocycles. The van der Waals surface area contributed by atoms with E-state index in [0.29, 0.717) is 41.3 Å². The lowest BCUT2D eigenvalue weighted by molar-refractivity contribution is -0.0149. The van der Waals surface area contributed by atoms with Gasteiger partial charge < -0.3 is 29.7 Å². The van der Waals surface area contributed by atoms with Gasteiger partial charge in [0.15, 0.2) is 0 Å². The van der Waals surface area contributed by atoms with Gasteiger partial charge in [0.1, 0.15) is 5.75 Å². The van der Waals surface area contributed by atoms with E-state index in [0.717, 1.165) is 19.3 Å². The number of nitrogens with one attached hydrogen (secondary N) is 1. The SMILES string of the molecule is C[C@H]1CCCCO[C@H](CN(C)C(=O)c2ccccc2)[C@@H](C)CN([C@@H](C)CO)C(=O)c2cc(NC(=O)c3ccccc3)ccc2O1. The highest BCUT2D eigenvalue weighted by Gasteiger charge is 2.31. The van der Waals surface area contributed by atoms with E-state index in [1.165, 1.54) is 0 Å². The third-order valence-electron chi connectivity index (χ3n) is 8.17. The van der Waals surface area contributed by atoms with Crippen LogP contribution in [-0.2, 0) is 4.74 Å². The number of fused-ring (bicyclic) bond motifs is 1. The molecule has 1 aliphatic heterocycles. The van der Waals surface area contributed by atoms with Crippen molar-refractivity contribution in [3.05, 3.63) is 95.6 Å². The molecule has 4 atom stereocenters. The molecule has 0 unspecified atom stereocenters. The Bertz CT molecular complexity index is 1420. The quantitative estimate of drug-likeness (QED) is 0.363. The monoisotopic (exact) mass is 615 g/mol. The largest absolute Gasteiger partial charge is 0.490 e. The third kappa shape index (κ3) is 9.15. The van der Waals surface area contributed by atoms with Gasteiger partial charge in [0, 0.05) is 49.5 Å². The molecule has 2 N–H and O–H groups in total. The first-order valence-corrected chi connectivity index (χ1v) is 15.7. The summed E-state index contributed by atoms with van der Waals surface area (Å²) in [5.74, 6) is -0.479. The predicted molar refractivity (Wildman–Crippen MR) is 175 cm³/mol. The molecule has 240 valence electrons. The van der Waals surface area contributed by atoms with E-state index in [4.69, 9.17) is 9.47 Å². The molecular weight excluding hydrogens is 570 g/mol. The Kier molecular flexibility index (Phi) is 12.1. The Morgan fingerprint density at radius 1 is 1.00 bits per heavy atom. The number of likely N-dealkylation sites (N-methyl/N-ethyl adjacent to an activating group) is 1. The van der Waals surface area contributed by atoms with Crippen molar-refractivity contribution in [1.82, 2.24) is 9.80 Å². The summed E-state index contributed by atoms with van der Waals surface area (Å²) in [5.41, 5.74) is 1.85. The van der Waals surface area contributed by atoms with Crippen molar-refractivity contribution in [3.63, 3.8) is 0 Å². The van der Waals surface area contributed by atoms with Crippen LogP contribution in [0.4, 0.5) is 5.69 Å². The van der Waals surface area contributed by atoms with Crippen molar-refractivity contribution < 1.29 is 29.0 Å². The minimum Gasteiger partial charge on any atom is -0.490 e. The fourth-order valence-electron chi connectivity index (χ4n) is 5.41. The lowest BCUT2D eigenvalue weighted by Gasteiger charge is -2.36. The summed E-state index contributed by atoms with van der Waals surface area (Å²) in [7, 11) is 1.76. The molecule has 0 aliphatic carbocycles. The molecule has 45 heavy (non-hydrogen) atoms. The van der Waals surface area contributed by atoms with Crippen LogP contribution in [-0.4, -0.2) is 84.2 Å². The van der Waals surface area contributed by atoms with Gasteiger partial charge >= 0.3 is 0 Å². The van der Waals surface area contributed by atoms with E-state index in [-0.39, 0.29) is 49.0 Å². The average Bonchev–Trinajstić information content (AvgIpc) is 3.06. The number of carbonyl (C=O) groups is 3. The van der Waals surface area contributed by atoms with Crippen LogP contribution in [0.5, 0.6) is 5.75 Å². The molecule has 0 spiro atoms. The highest BCUT2D eigenvalue weighted by molar-refractivity contribution is 6.05. The van der Waals surface area contributed by atoms with Crippen LogP contribution in [0.1, 0.15) is 71.1 Å². The molecule has 0 fully saturated rings. The van der Waals surface area contributed by atoms with Crippen LogP contribution in [0.25, 0.3) is 0 Å². The fourth-order valence-corrected chi connectivity index (χ4v) is 5.41. The molecule has 0 aromatic heterocycles. The Labute approximate surface area is 266 Å². The van der Waals surface area contributed by atoms with Crippen molar-refractivity contribution in [2.24, 2.45) is 5.92 Å². The average molecular weight is 616 g/mol. The topological polar surface area (TPSA) is 108 Å². The van der Waals surface area contributed by atoms with Gasteiger partial charge in [0.25, 0.3) is 17.7 Å². The van der Waals surface area contributed by atoms with Crippen molar-refractivity contribution in [2.75, 3.05) is 38.7 Å². The van der Waals surface area contributed by atoms with Gasteiger partial charge in [-0.2, -0.15) is 0 Å². The Balaban J connectivity index is 1.63. The highest BCUT2D eigenvalue weighted by Crippen LogP contribution is 2.29. The summed E-state index contributed by atoms with van der Waals surface area (Å²) in [5, 5.41) is 13.1. The maximum Gasteiger partial charge on any atom is 0.258 e. The zero-order valence-electron chi connectivity index (χ0n) is 26.6. The maximum atomic E-state index is 14.3. The number of benzene rings is 3. The predicted octanol–water partition coefficient (Wildman–Crippen LogP) is 5.51. The molecule has 3 amide bonds. The highest BCUT2D eigenvalue weighted by atomic mass is 16.5. The van der Waals surface area contributed by atoms with Gasteiger partial charge in [-0.25, -0.2) is 0 Å². The van der Waals surface area contributed by atoms with Crippen molar-refractivity contribution >= 4 is 23.4 Å². The van der Waals surface area contributed by atoms with Gasteiger partial charge in [-0.1, -0.05) is 43.3 Å². The molecule has 0 saturated heterocycles. The normalized spacial score (nSPS) is 20.2. The van der Waals surface area contributed by atoms with E-state index in [1.54, 1.807) is 78.4 Å². The molecule has 9 nitrogen and oxygen atoms in total. The lowest BCUT2D eigenvalue weighted by atomic mass is 10.0. The van der Waals surface area contributed by atoms with Gasteiger partial charge in [0.05, 0.1) is 30.4 Å². The van der Waals surface area contributed by atoms with Crippen molar-refractivity contribution in [2.45, 2.75) is 58.3 Å². The molecule has 3 aromatic rings. The second-order valence-corrected chi connectivity index (χ2v) is 11.9. The van der Waals surface area contributed by atoms with Gasteiger partial charge in [-0.3, -0.25) is 14.4 Å². The van der Waals surface area contributed by atoms with Gasteiger partial charge in [-0.05, 0) is 75.6 Å². The zero-order chi connectivity index (χ0) is 32.3. The number of carbonyl (C=O) groups excluding carboxylic acids is 3. The van der Waals surface area contributed by atoms with E-state index >= 15 is 0 Å². The second-order valence-electron chi connectivity index (χ2n) is 11.9. The van der Waals surface area contributed by atoms with E-state index < -0.39 is 6.04 Å². The molecule has 0 bridgehead atoms. The van der Waals surface area contributed by atoms with Crippen LogP contribution < -0.4 is 10.1 Å². The van der Waals surface area contributed by atoms with Crippen molar-refractivity contribution in [1.29, 1.82) is 0 Å². The van der Waals surface area contributed by atoms with E-state index in [1.807, 2.05) is 38.1 Å². The first-order valence-electron chi connectivity index (χ1n) is 15.7. The first kappa shape index (κ1) is 33.7. The smallest absolute Gasteiger partial charge is 0.258 e. The van der Waals surface area contributed by atoms with Crippen LogP contribution in [0.3, 0.4) is 0 Å². The Morgan fingerprint density at radius 2 is 1.67 bits per heavy atom. The number of aliphatic hydroxyl groups excluding tert-OH is 1. The van der Waals surface area contributed by atoms with Crippen molar-refractivity contribution in [3.8, 4) is 5.75 Å². The standard InChI is InChI=1S/C36H45N3O6/c1-25-22-39(26(2)24-40)36(43)31-21-30(37-34(41)28-14-7-5-8-15-28)18-19-32(31)45-27(3)13-11-12-20-44-33(25)23-38(4)35(42)29-16-9-6-10-17-29/h5-10,14-19,21,25-27,33,40H,11-13,20,22-24H2,1-4H3,(H,37,41)/t25-,26-,27-,33+/m0/s1. The fraction of sp³-hybridized carbons (Fsp3) is 0.417. The molecule has 0 saturated carbocycles. The van der Waals surface area contributed by atoms with E-state index in [9.17, 15) is 19.5 Å². The number of ether oxygens (including phenoxy) is 2. The maximum absolute atomic E-state index is 14.3. The summed E-state index contributed by atoms with van der Waals surface area (Å²) in [6, 6.07) is 22.6. The third-order valence-corrected chi connectivity index (χ3v) is 8.17. The number of nitrogens with zero attached hydrogens (tertiary/aromatic N) is 2. The minimum atomic E-state index is -0.509. The van der Waals surface area contributed by atoms with Gasteiger partial charge in [-0.15, -0.1) is 0 Å². The van der Waals surface area contributed by atoms with Crippen LogP contribution in [0.2, 0.25) is 0 Å². The second kappa shape index (κ2) is 16.2. The number of amides is 3. The summed E-state index contributed by atoms with van der Waals surface area (Å²) < 4.78 is 12.7.